The van der Waals surface area contributed by atoms with Crippen molar-refractivity contribution >= 4 is 40.1 Å². The normalized spacial score (nSPS) is 14.9. The molecule has 7 nitrogen and oxygen atoms in total. The third kappa shape index (κ3) is 7.70. The number of alkyl halides is 3. The lowest BCUT2D eigenvalue weighted by Gasteiger charge is -2.34. The maximum absolute atomic E-state index is 14.0. The van der Waals surface area contributed by atoms with Crippen LogP contribution in [0.5, 0.6) is 0 Å². The van der Waals surface area contributed by atoms with Gasteiger partial charge in [0, 0.05) is 89.7 Å². The van der Waals surface area contributed by atoms with Crippen LogP contribution in [0.2, 0.25) is 0 Å². The number of aromatic nitrogens is 2. The Labute approximate surface area is 254 Å². The molecule has 43 heavy (non-hydrogen) atoms. The lowest BCUT2D eigenvalue weighted by Crippen LogP contribution is -2.45. The van der Waals surface area contributed by atoms with Gasteiger partial charge in [-0.2, -0.15) is 13.2 Å². The van der Waals surface area contributed by atoms with E-state index in [1.54, 1.807) is 36.0 Å². The second-order valence-corrected chi connectivity index (χ2v) is 12.6. The zero-order valence-corrected chi connectivity index (χ0v) is 25.4. The average Bonchev–Trinajstić information content (AvgIpc) is 3.47. The first kappa shape index (κ1) is 30.9. The van der Waals surface area contributed by atoms with Gasteiger partial charge in [-0.05, 0) is 48.5 Å². The zero-order chi connectivity index (χ0) is 30.6. The van der Waals surface area contributed by atoms with Gasteiger partial charge in [-0.3, -0.25) is 9.69 Å². The third-order valence-corrected chi connectivity index (χ3v) is 8.74. The molecule has 228 valence electrons. The highest BCUT2D eigenvalue weighted by Gasteiger charge is 2.34. The summed E-state index contributed by atoms with van der Waals surface area (Å²) < 4.78 is 42.1. The van der Waals surface area contributed by atoms with Crippen molar-refractivity contribution in [1.82, 2.24) is 19.8 Å². The summed E-state index contributed by atoms with van der Waals surface area (Å²) in [6, 6.07) is 13.0. The number of pyridine rings is 1. The van der Waals surface area contributed by atoms with Gasteiger partial charge in [0.2, 0.25) is 0 Å². The number of piperazine rings is 1. The van der Waals surface area contributed by atoms with Crippen LogP contribution in [0.25, 0.3) is 11.0 Å². The molecule has 3 N–H and O–H groups in total. The molecule has 0 bridgehead atoms. The fourth-order valence-corrected chi connectivity index (χ4v) is 6.30. The Hall–Kier alpha value is -3.54. The maximum atomic E-state index is 14.0. The summed E-state index contributed by atoms with van der Waals surface area (Å²) in [5.41, 5.74) is 2.53. The average molecular weight is 611 g/mol. The number of carbonyl (C=O) groups is 1. The van der Waals surface area contributed by atoms with Crippen molar-refractivity contribution in [2.24, 2.45) is 0 Å². The van der Waals surface area contributed by atoms with Gasteiger partial charge in [0.25, 0.3) is 5.91 Å². The predicted molar refractivity (Wildman–Crippen MR) is 168 cm³/mol. The van der Waals surface area contributed by atoms with E-state index < -0.39 is 17.6 Å². The van der Waals surface area contributed by atoms with Crippen molar-refractivity contribution in [2.45, 2.75) is 50.2 Å². The standard InChI is InChI=1S/C32H37F3N6OS/c1-4-40-12-14-41(15-13-40)20-23-8-9-26(17-28(23)32(33,34)35)39-31(42)22-6-5-7-25(16-22)37-18-24-19-38-30-27(10-11-36-30)29(24)43-21(2)3/h5-11,16-17,19,21,37H,4,12-15,18,20H2,1-3H3,(H,36,38)(H,39,42). The van der Waals surface area contributed by atoms with E-state index in [0.29, 0.717) is 17.4 Å². The van der Waals surface area contributed by atoms with E-state index in [9.17, 15) is 18.0 Å². The smallest absolute Gasteiger partial charge is 0.381 e. The molecule has 5 rings (SSSR count). The fourth-order valence-electron chi connectivity index (χ4n) is 5.26. The number of aromatic amines is 1. The molecule has 0 atom stereocenters. The van der Waals surface area contributed by atoms with Gasteiger partial charge in [-0.15, -0.1) is 11.8 Å². The SMILES string of the molecule is CCN1CCN(Cc2ccc(NC(=O)c3cccc(NCc4cnc5[nH]ccc5c4SC(C)C)c3)cc2C(F)(F)F)CC1. The van der Waals surface area contributed by atoms with E-state index in [4.69, 9.17) is 0 Å². The minimum atomic E-state index is -4.53. The second-order valence-electron chi connectivity index (χ2n) is 11.0. The van der Waals surface area contributed by atoms with Crippen LogP contribution in [0.1, 0.15) is 47.8 Å². The number of rotatable bonds is 10. The molecule has 0 radical (unpaired) electrons. The molecule has 0 unspecified atom stereocenters. The highest BCUT2D eigenvalue weighted by Crippen LogP contribution is 2.35. The summed E-state index contributed by atoms with van der Waals surface area (Å²) in [6.45, 7) is 11.2. The molecule has 1 aliphatic heterocycles. The number of thioether (sulfide) groups is 1. The molecule has 1 amide bonds. The quantitative estimate of drug-likeness (QED) is 0.167. The van der Waals surface area contributed by atoms with Gasteiger partial charge in [-0.25, -0.2) is 4.98 Å². The first-order valence-corrected chi connectivity index (χ1v) is 15.4. The molecule has 0 aliphatic carbocycles. The molecule has 1 fully saturated rings. The van der Waals surface area contributed by atoms with Gasteiger partial charge in [-0.1, -0.05) is 32.9 Å². The number of H-pyrrole nitrogens is 1. The first-order valence-electron chi connectivity index (χ1n) is 14.5. The van der Waals surface area contributed by atoms with Crippen LogP contribution in [0, 0.1) is 0 Å². The van der Waals surface area contributed by atoms with Gasteiger partial charge < -0.3 is 20.5 Å². The van der Waals surface area contributed by atoms with Crippen LogP contribution < -0.4 is 10.6 Å². The molecule has 2 aromatic heterocycles. The van der Waals surface area contributed by atoms with Crippen molar-refractivity contribution in [3.05, 3.63) is 83.2 Å². The number of likely N-dealkylation sites (N-methyl/N-ethyl adjacent to an activating group) is 1. The Balaban J connectivity index is 1.27. The Kier molecular flexibility index (Phi) is 9.63. The van der Waals surface area contributed by atoms with Crippen LogP contribution in [0.15, 0.2) is 65.8 Å². The Morgan fingerprint density at radius 2 is 1.79 bits per heavy atom. The summed E-state index contributed by atoms with van der Waals surface area (Å²) in [4.78, 5) is 26.3. The van der Waals surface area contributed by atoms with Crippen molar-refractivity contribution in [3.63, 3.8) is 0 Å². The monoisotopic (exact) mass is 610 g/mol. The number of nitrogens with one attached hydrogen (secondary N) is 3. The molecule has 2 aromatic carbocycles. The summed E-state index contributed by atoms with van der Waals surface area (Å²) in [5.74, 6) is -0.480. The van der Waals surface area contributed by atoms with E-state index in [1.165, 1.54) is 6.07 Å². The molecule has 1 aliphatic rings. The number of anilines is 2. The number of hydrogen-bond acceptors (Lipinski definition) is 6. The highest BCUT2D eigenvalue weighted by atomic mass is 32.2. The first-order chi connectivity index (χ1) is 20.6. The van der Waals surface area contributed by atoms with Crippen LogP contribution in [-0.4, -0.2) is 63.6 Å². The maximum Gasteiger partial charge on any atom is 0.416 e. The zero-order valence-electron chi connectivity index (χ0n) is 24.6. The van der Waals surface area contributed by atoms with E-state index in [-0.39, 0.29) is 17.8 Å². The van der Waals surface area contributed by atoms with E-state index >= 15 is 0 Å². The molecule has 3 heterocycles. The van der Waals surface area contributed by atoms with Crippen molar-refractivity contribution in [3.8, 4) is 0 Å². The minimum absolute atomic E-state index is 0.108. The molecule has 4 aromatic rings. The molecule has 0 spiro atoms. The van der Waals surface area contributed by atoms with Crippen LogP contribution in [0.3, 0.4) is 0 Å². The number of nitrogens with zero attached hydrogens (tertiary/aromatic N) is 3. The Morgan fingerprint density at radius 1 is 1.02 bits per heavy atom. The van der Waals surface area contributed by atoms with E-state index in [0.717, 1.165) is 66.0 Å². The van der Waals surface area contributed by atoms with Crippen molar-refractivity contribution in [2.75, 3.05) is 43.4 Å². The van der Waals surface area contributed by atoms with Crippen LogP contribution in [0.4, 0.5) is 24.5 Å². The topological polar surface area (TPSA) is 76.3 Å². The van der Waals surface area contributed by atoms with Crippen molar-refractivity contribution < 1.29 is 18.0 Å². The molecular formula is C32H37F3N6OS. The van der Waals surface area contributed by atoms with Gasteiger partial charge in [0.05, 0.1) is 5.56 Å². The second kappa shape index (κ2) is 13.4. The van der Waals surface area contributed by atoms with Crippen LogP contribution in [-0.2, 0) is 19.3 Å². The van der Waals surface area contributed by atoms with Crippen molar-refractivity contribution in [1.29, 1.82) is 0 Å². The number of halogens is 3. The fraction of sp³-hybridized carbons (Fsp3) is 0.375. The third-order valence-electron chi connectivity index (χ3n) is 7.55. The lowest BCUT2D eigenvalue weighted by atomic mass is 10.0. The predicted octanol–water partition coefficient (Wildman–Crippen LogP) is 7.08. The number of carbonyl (C=O) groups excluding carboxylic acids is 1. The summed E-state index contributed by atoms with van der Waals surface area (Å²) in [6.07, 6.45) is -0.808. The van der Waals surface area contributed by atoms with E-state index in [2.05, 4.69) is 46.3 Å². The number of benzene rings is 2. The van der Waals surface area contributed by atoms with E-state index in [1.807, 2.05) is 29.4 Å². The Morgan fingerprint density at radius 3 is 2.51 bits per heavy atom. The molecule has 0 saturated carbocycles. The molecule has 11 heteroatoms. The minimum Gasteiger partial charge on any atom is -0.381 e. The molecular weight excluding hydrogens is 573 g/mol. The number of fused-ring (bicyclic) bond motifs is 1. The highest BCUT2D eigenvalue weighted by molar-refractivity contribution is 8.00. The number of amides is 1. The summed E-state index contributed by atoms with van der Waals surface area (Å²) in [7, 11) is 0. The van der Waals surface area contributed by atoms with Crippen LogP contribution >= 0.6 is 11.8 Å². The summed E-state index contributed by atoms with van der Waals surface area (Å²) in [5, 5.41) is 7.48. The Bertz CT molecular complexity index is 1560. The van der Waals surface area contributed by atoms with Gasteiger partial charge >= 0.3 is 6.18 Å². The number of hydrogen-bond donors (Lipinski definition) is 3. The summed E-state index contributed by atoms with van der Waals surface area (Å²) >= 11 is 1.77. The van der Waals surface area contributed by atoms with Gasteiger partial charge in [0.1, 0.15) is 5.65 Å². The molecule has 1 saturated heterocycles. The lowest BCUT2D eigenvalue weighted by molar-refractivity contribution is -0.138. The van der Waals surface area contributed by atoms with Gasteiger partial charge in [0.15, 0.2) is 0 Å². The largest absolute Gasteiger partial charge is 0.416 e.